The van der Waals surface area contributed by atoms with Crippen molar-refractivity contribution in [2.24, 2.45) is 5.92 Å². The molecule has 1 aliphatic heterocycles. The molecule has 3 rings (SSSR count). The molecule has 0 bridgehead atoms. The summed E-state index contributed by atoms with van der Waals surface area (Å²) in [7, 11) is 3.17. The Hall–Kier alpha value is -2.77. The van der Waals surface area contributed by atoms with Gasteiger partial charge in [-0.25, -0.2) is 4.98 Å². The maximum absolute atomic E-state index is 12.6. The Morgan fingerprint density at radius 2 is 1.75 bits per heavy atom. The van der Waals surface area contributed by atoms with Gasteiger partial charge in [0.25, 0.3) is 0 Å². The number of methoxy groups -OCH3 is 2. The molecule has 1 amide bonds. The van der Waals surface area contributed by atoms with Crippen LogP contribution in [-0.2, 0) is 4.79 Å². The lowest BCUT2D eigenvalue weighted by molar-refractivity contribution is -0.135. The van der Waals surface area contributed by atoms with E-state index in [1.807, 2.05) is 24.8 Å². The molecule has 2 N–H and O–H groups in total. The molecule has 2 aromatic rings. The number of carbonyl (C=O) groups excluding carboxylic acids is 1. The van der Waals surface area contributed by atoms with Gasteiger partial charge in [0.2, 0.25) is 11.9 Å². The minimum absolute atomic E-state index is 0.0679. The third-order valence-electron chi connectivity index (χ3n) is 5.42. The normalized spacial score (nSPS) is 14.9. The second kappa shape index (κ2) is 8.50. The van der Waals surface area contributed by atoms with Crippen molar-refractivity contribution in [3.8, 4) is 11.5 Å². The van der Waals surface area contributed by atoms with E-state index in [9.17, 15) is 4.79 Å². The van der Waals surface area contributed by atoms with Crippen LogP contribution < -0.4 is 20.1 Å². The number of anilines is 2. The quantitative estimate of drug-likeness (QED) is 0.813. The summed E-state index contributed by atoms with van der Waals surface area (Å²) < 4.78 is 10.7. The highest BCUT2D eigenvalue weighted by Crippen LogP contribution is 2.34. The molecule has 1 aromatic carbocycles. The highest BCUT2D eigenvalue weighted by Gasteiger charge is 2.28. The molecule has 152 valence electrons. The third kappa shape index (κ3) is 3.76. The van der Waals surface area contributed by atoms with Crippen molar-refractivity contribution in [3.63, 3.8) is 0 Å². The molecule has 0 saturated carbocycles. The average Bonchev–Trinajstić information content (AvgIpc) is 2.73. The molecule has 0 atom stereocenters. The highest BCUT2D eigenvalue weighted by molar-refractivity contribution is 5.91. The van der Waals surface area contributed by atoms with Gasteiger partial charge in [0.15, 0.2) is 11.5 Å². The van der Waals surface area contributed by atoms with E-state index in [0.717, 1.165) is 44.4 Å². The number of ether oxygens (including phenoxy) is 2. The maximum Gasteiger partial charge on any atom is 0.227 e. The van der Waals surface area contributed by atoms with Crippen LogP contribution in [0, 0.1) is 5.92 Å². The Labute approximate surface area is 165 Å². The predicted molar refractivity (Wildman–Crippen MR) is 110 cm³/mol. The van der Waals surface area contributed by atoms with Crippen LogP contribution in [0.4, 0.5) is 11.8 Å². The fourth-order valence-corrected chi connectivity index (χ4v) is 3.73. The molecule has 8 nitrogen and oxygen atoms in total. The van der Waals surface area contributed by atoms with E-state index in [1.165, 1.54) is 0 Å². The van der Waals surface area contributed by atoms with Gasteiger partial charge >= 0.3 is 0 Å². The molecule has 1 aliphatic rings. The van der Waals surface area contributed by atoms with Gasteiger partial charge in [0.1, 0.15) is 5.82 Å². The smallest absolute Gasteiger partial charge is 0.227 e. The van der Waals surface area contributed by atoms with Gasteiger partial charge in [-0.05, 0) is 32.8 Å². The molecule has 8 heteroatoms. The van der Waals surface area contributed by atoms with Crippen LogP contribution in [0.15, 0.2) is 12.1 Å². The zero-order valence-electron chi connectivity index (χ0n) is 17.1. The number of aromatic nitrogens is 2. The Balaban J connectivity index is 1.80. The molecule has 1 saturated heterocycles. The van der Waals surface area contributed by atoms with Crippen LogP contribution in [0.2, 0.25) is 0 Å². The van der Waals surface area contributed by atoms with Gasteiger partial charge < -0.3 is 25.0 Å². The summed E-state index contributed by atoms with van der Waals surface area (Å²) in [5.41, 5.74) is 6.90. The number of benzene rings is 1. The van der Waals surface area contributed by atoms with Gasteiger partial charge in [0.05, 0.1) is 19.7 Å². The van der Waals surface area contributed by atoms with Gasteiger partial charge in [-0.15, -0.1) is 0 Å². The van der Waals surface area contributed by atoms with E-state index in [1.54, 1.807) is 20.3 Å². The zero-order chi connectivity index (χ0) is 20.3. The highest BCUT2D eigenvalue weighted by atomic mass is 16.5. The summed E-state index contributed by atoms with van der Waals surface area (Å²) in [6.07, 6.45) is 1.59. The Morgan fingerprint density at radius 1 is 1.14 bits per heavy atom. The number of nitrogen functional groups attached to an aromatic ring is 1. The number of nitrogens with zero attached hydrogens (tertiary/aromatic N) is 4. The summed E-state index contributed by atoms with van der Waals surface area (Å²) >= 11 is 0. The molecule has 1 aromatic heterocycles. The standard InChI is InChI=1S/C20H29N5O3/c1-5-24(6-2)19(26)13-7-9-25(10-8-13)20-22-15-12-17(28-4)16(27-3)11-14(15)18(21)23-20/h11-13H,5-10H2,1-4H3,(H2,21,22,23). The van der Waals surface area contributed by atoms with Crippen LogP contribution >= 0.6 is 0 Å². The lowest BCUT2D eigenvalue weighted by Crippen LogP contribution is -2.43. The summed E-state index contributed by atoms with van der Waals surface area (Å²) in [5, 5.41) is 0.730. The number of fused-ring (bicyclic) bond motifs is 1. The molecule has 2 heterocycles. The number of rotatable bonds is 6. The van der Waals surface area contributed by atoms with Gasteiger partial charge in [-0.3, -0.25) is 4.79 Å². The van der Waals surface area contributed by atoms with Crippen LogP contribution in [0.5, 0.6) is 11.5 Å². The monoisotopic (exact) mass is 387 g/mol. The maximum atomic E-state index is 12.6. The fraction of sp³-hybridized carbons (Fsp3) is 0.550. The number of nitrogens with two attached hydrogens (primary N) is 1. The van der Waals surface area contributed by atoms with Crippen molar-refractivity contribution in [1.29, 1.82) is 0 Å². The average molecular weight is 387 g/mol. The second-order valence-corrected chi connectivity index (χ2v) is 6.91. The molecule has 0 aliphatic carbocycles. The van der Waals surface area contributed by atoms with E-state index in [0.29, 0.717) is 28.8 Å². The van der Waals surface area contributed by atoms with Gasteiger partial charge in [0, 0.05) is 43.5 Å². The van der Waals surface area contributed by atoms with Crippen LogP contribution in [0.25, 0.3) is 10.9 Å². The zero-order valence-corrected chi connectivity index (χ0v) is 17.1. The number of amides is 1. The first kappa shape index (κ1) is 20.0. The minimum atomic E-state index is 0.0679. The lowest BCUT2D eigenvalue weighted by Gasteiger charge is -2.33. The van der Waals surface area contributed by atoms with Gasteiger partial charge in [-0.2, -0.15) is 4.98 Å². The first-order valence-electron chi connectivity index (χ1n) is 9.75. The van der Waals surface area contributed by atoms with E-state index in [2.05, 4.69) is 14.9 Å². The Morgan fingerprint density at radius 3 is 2.32 bits per heavy atom. The predicted octanol–water partition coefficient (Wildman–Crippen LogP) is 2.31. The molecule has 0 radical (unpaired) electrons. The minimum Gasteiger partial charge on any atom is -0.493 e. The Bertz CT molecular complexity index is 845. The van der Waals surface area contributed by atoms with E-state index in [-0.39, 0.29) is 11.8 Å². The summed E-state index contributed by atoms with van der Waals surface area (Å²) in [5.74, 6) is 2.50. The van der Waals surface area contributed by atoms with Gasteiger partial charge in [-0.1, -0.05) is 0 Å². The molecular formula is C20H29N5O3. The summed E-state index contributed by atoms with van der Waals surface area (Å²) in [6.45, 7) is 7.01. The third-order valence-corrected chi connectivity index (χ3v) is 5.42. The Kier molecular flexibility index (Phi) is 6.06. The number of carbonyl (C=O) groups is 1. The van der Waals surface area contributed by atoms with Crippen molar-refractivity contribution >= 4 is 28.6 Å². The van der Waals surface area contributed by atoms with Crippen molar-refractivity contribution in [2.75, 3.05) is 51.0 Å². The second-order valence-electron chi connectivity index (χ2n) is 6.91. The van der Waals surface area contributed by atoms with Crippen molar-refractivity contribution in [2.45, 2.75) is 26.7 Å². The summed E-state index contributed by atoms with van der Waals surface area (Å²) in [6, 6.07) is 3.61. The number of hydrogen-bond acceptors (Lipinski definition) is 7. The van der Waals surface area contributed by atoms with Crippen LogP contribution in [0.3, 0.4) is 0 Å². The molecule has 28 heavy (non-hydrogen) atoms. The van der Waals surface area contributed by atoms with Crippen molar-refractivity contribution < 1.29 is 14.3 Å². The molecule has 0 unspecified atom stereocenters. The first-order chi connectivity index (χ1) is 13.5. The van der Waals surface area contributed by atoms with Crippen molar-refractivity contribution in [1.82, 2.24) is 14.9 Å². The molecule has 1 fully saturated rings. The van der Waals surface area contributed by atoms with Crippen LogP contribution in [0.1, 0.15) is 26.7 Å². The lowest BCUT2D eigenvalue weighted by atomic mass is 9.95. The van der Waals surface area contributed by atoms with E-state index < -0.39 is 0 Å². The fourth-order valence-electron chi connectivity index (χ4n) is 3.73. The SMILES string of the molecule is CCN(CC)C(=O)C1CCN(c2nc(N)c3cc(OC)c(OC)cc3n2)CC1. The largest absolute Gasteiger partial charge is 0.493 e. The van der Waals surface area contributed by atoms with E-state index in [4.69, 9.17) is 15.2 Å². The molecular weight excluding hydrogens is 358 g/mol. The topological polar surface area (TPSA) is 93.8 Å². The first-order valence-corrected chi connectivity index (χ1v) is 9.75. The molecule has 0 spiro atoms. The number of hydrogen-bond donors (Lipinski definition) is 1. The van der Waals surface area contributed by atoms with Crippen molar-refractivity contribution in [3.05, 3.63) is 12.1 Å². The summed E-state index contributed by atoms with van der Waals surface area (Å²) in [4.78, 5) is 25.8. The number of piperidine rings is 1. The van der Waals surface area contributed by atoms with Crippen LogP contribution in [-0.4, -0.2) is 61.2 Å². The van der Waals surface area contributed by atoms with E-state index >= 15 is 0 Å².